The maximum absolute atomic E-state index is 13.7. The fourth-order valence-electron chi connectivity index (χ4n) is 5.04. The molecule has 0 unspecified atom stereocenters. The number of benzene rings is 3. The van der Waals surface area contributed by atoms with E-state index in [9.17, 15) is 18.3 Å². The molecule has 3 aromatic rings. The number of fused-ring (bicyclic) bond motifs is 2. The van der Waals surface area contributed by atoms with Gasteiger partial charge in [0.15, 0.2) is 11.5 Å². The SMILES string of the molecule is C[C@@H]1CN([C@H](C)CO)C(=O)c2cc(NS(=O)(=O)c3ccccc3)ccc2O[C@@H]1CN(C)Cc1ccc2c(c1)OCO2. The molecule has 3 atom stereocenters. The van der Waals surface area contributed by atoms with Gasteiger partial charge in [-0.05, 0) is 62.0 Å². The maximum Gasteiger partial charge on any atom is 0.261 e. The first kappa shape index (κ1) is 28.7. The standard InChI is InChI=1S/C30H35N3O7S/c1-20-15-33(21(2)18-34)30(35)25-14-23(31-41(36,37)24-7-5-4-6-8-24)10-12-26(25)40-29(20)17-32(3)16-22-9-11-27-28(13-22)39-19-38-27/h4-14,20-21,29,31,34H,15-19H2,1-3H3/t20-,21-,29-/m1/s1. The number of nitrogens with zero attached hydrogens (tertiary/aromatic N) is 2. The molecule has 2 aliphatic rings. The van der Waals surface area contributed by atoms with Crippen LogP contribution in [0.25, 0.3) is 0 Å². The van der Waals surface area contributed by atoms with Gasteiger partial charge in [-0.15, -0.1) is 0 Å². The Kier molecular flexibility index (Phi) is 8.39. The quantitative estimate of drug-likeness (QED) is 0.394. The third-order valence-electron chi connectivity index (χ3n) is 7.35. The largest absolute Gasteiger partial charge is 0.488 e. The molecule has 0 saturated carbocycles. The van der Waals surface area contributed by atoms with Crippen LogP contribution in [0.1, 0.15) is 29.8 Å². The van der Waals surface area contributed by atoms with E-state index >= 15 is 0 Å². The van der Waals surface area contributed by atoms with E-state index in [1.807, 2.05) is 32.2 Å². The van der Waals surface area contributed by atoms with E-state index in [0.29, 0.717) is 25.4 Å². The minimum atomic E-state index is -3.86. The van der Waals surface area contributed by atoms with E-state index in [0.717, 1.165) is 17.1 Å². The minimum absolute atomic E-state index is 0.0587. The van der Waals surface area contributed by atoms with Crippen LogP contribution in [0.3, 0.4) is 0 Å². The number of sulfonamides is 1. The Labute approximate surface area is 240 Å². The molecule has 218 valence electrons. The van der Waals surface area contributed by atoms with Crippen molar-refractivity contribution in [1.82, 2.24) is 9.80 Å². The number of hydrogen-bond donors (Lipinski definition) is 2. The molecule has 0 spiro atoms. The van der Waals surface area contributed by atoms with Gasteiger partial charge >= 0.3 is 0 Å². The second-order valence-electron chi connectivity index (χ2n) is 10.6. The molecule has 0 aromatic heterocycles. The summed E-state index contributed by atoms with van der Waals surface area (Å²) in [4.78, 5) is 17.6. The molecular weight excluding hydrogens is 546 g/mol. The number of amides is 1. The summed E-state index contributed by atoms with van der Waals surface area (Å²) in [5, 5.41) is 9.93. The van der Waals surface area contributed by atoms with Gasteiger partial charge in [-0.25, -0.2) is 8.42 Å². The van der Waals surface area contributed by atoms with E-state index in [2.05, 4.69) is 9.62 Å². The molecule has 0 fully saturated rings. The average molecular weight is 582 g/mol. The minimum Gasteiger partial charge on any atom is -0.488 e. The van der Waals surface area contributed by atoms with E-state index in [4.69, 9.17) is 14.2 Å². The highest BCUT2D eigenvalue weighted by Gasteiger charge is 2.34. The first-order valence-electron chi connectivity index (χ1n) is 13.5. The predicted molar refractivity (Wildman–Crippen MR) is 154 cm³/mol. The Morgan fingerprint density at radius 2 is 1.78 bits per heavy atom. The van der Waals surface area contributed by atoms with Crippen molar-refractivity contribution in [2.75, 3.05) is 38.3 Å². The van der Waals surface area contributed by atoms with Crippen molar-refractivity contribution >= 4 is 21.6 Å². The number of aliphatic hydroxyl groups excluding tert-OH is 1. The number of likely N-dealkylation sites (N-methyl/N-ethyl adjacent to an activating group) is 1. The van der Waals surface area contributed by atoms with Crippen LogP contribution in [0.15, 0.2) is 71.6 Å². The van der Waals surface area contributed by atoms with Crippen molar-refractivity contribution in [3.05, 3.63) is 77.9 Å². The van der Waals surface area contributed by atoms with Crippen LogP contribution < -0.4 is 18.9 Å². The van der Waals surface area contributed by atoms with Gasteiger partial charge in [0.25, 0.3) is 15.9 Å². The van der Waals surface area contributed by atoms with E-state index < -0.39 is 16.1 Å². The number of aliphatic hydroxyl groups is 1. The van der Waals surface area contributed by atoms with Crippen LogP contribution in [0.2, 0.25) is 0 Å². The van der Waals surface area contributed by atoms with Crippen LogP contribution in [0.4, 0.5) is 5.69 Å². The van der Waals surface area contributed by atoms with E-state index in [1.54, 1.807) is 42.2 Å². The van der Waals surface area contributed by atoms with E-state index in [-0.39, 0.29) is 47.5 Å². The summed E-state index contributed by atoms with van der Waals surface area (Å²) < 4.78 is 45.8. The Balaban J connectivity index is 1.40. The highest BCUT2D eigenvalue weighted by Crippen LogP contribution is 2.34. The second kappa shape index (κ2) is 12.0. The Hall–Kier alpha value is -3.80. The van der Waals surface area contributed by atoms with E-state index in [1.165, 1.54) is 18.2 Å². The van der Waals surface area contributed by atoms with Crippen LogP contribution >= 0.6 is 0 Å². The summed E-state index contributed by atoms with van der Waals surface area (Å²) in [5.74, 6) is 1.43. The zero-order chi connectivity index (χ0) is 29.1. The molecule has 5 rings (SSSR count). The molecule has 0 bridgehead atoms. The van der Waals surface area contributed by atoms with Gasteiger partial charge in [-0.2, -0.15) is 0 Å². The van der Waals surface area contributed by atoms with Crippen LogP contribution in [0, 0.1) is 5.92 Å². The zero-order valence-electron chi connectivity index (χ0n) is 23.3. The highest BCUT2D eigenvalue weighted by atomic mass is 32.2. The van der Waals surface area contributed by atoms with Gasteiger partial charge in [0.1, 0.15) is 11.9 Å². The predicted octanol–water partition coefficient (Wildman–Crippen LogP) is 3.57. The average Bonchev–Trinajstić information content (AvgIpc) is 3.43. The number of hydrogen-bond acceptors (Lipinski definition) is 8. The molecule has 0 saturated heterocycles. The lowest BCUT2D eigenvalue weighted by Gasteiger charge is -2.38. The monoisotopic (exact) mass is 581 g/mol. The van der Waals surface area contributed by atoms with Gasteiger partial charge in [0.2, 0.25) is 6.79 Å². The third kappa shape index (κ3) is 6.42. The van der Waals surface area contributed by atoms with Crippen molar-refractivity contribution in [2.24, 2.45) is 5.92 Å². The Morgan fingerprint density at radius 3 is 2.54 bits per heavy atom. The molecule has 3 aromatic carbocycles. The maximum atomic E-state index is 13.7. The van der Waals surface area contributed by atoms with Crippen molar-refractivity contribution in [1.29, 1.82) is 0 Å². The molecule has 2 N–H and O–H groups in total. The summed E-state index contributed by atoms with van der Waals surface area (Å²) in [7, 11) is -1.86. The first-order chi connectivity index (χ1) is 19.6. The van der Waals surface area contributed by atoms with Crippen molar-refractivity contribution in [3.8, 4) is 17.2 Å². The second-order valence-corrected chi connectivity index (χ2v) is 12.3. The van der Waals surface area contributed by atoms with Gasteiger partial charge in [0, 0.05) is 31.2 Å². The normalized spacial score (nSPS) is 19.2. The number of anilines is 1. The molecule has 2 aliphatic heterocycles. The molecule has 0 aliphatic carbocycles. The first-order valence-corrected chi connectivity index (χ1v) is 15.0. The Morgan fingerprint density at radius 1 is 1.05 bits per heavy atom. The lowest BCUT2D eigenvalue weighted by molar-refractivity contribution is 0.0341. The molecule has 11 heteroatoms. The Bertz CT molecular complexity index is 1500. The van der Waals surface area contributed by atoms with Crippen molar-refractivity contribution in [3.63, 3.8) is 0 Å². The van der Waals surface area contributed by atoms with Crippen LogP contribution in [-0.2, 0) is 16.6 Å². The lowest BCUT2D eigenvalue weighted by Crippen LogP contribution is -2.49. The summed E-state index contributed by atoms with van der Waals surface area (Å²) in [6.07, 6.45) is -0.291. The van der Waals surface area contributed by atoms with Crippen LogP contribution in [0.5, 0.6) is 17.2 Å². The van der Waals surface area contributed by atoms with Crippen LogP contribution in [-0.4, -0.2) is 74.9 Å². The number of ether oxygens (including phenoxy) is 3. The molecule has 0 radical (unpaired) electrons. The van der Waals surface area contributed by atoms with Gasteiger partial charge < -0.3 is 24.2 Å². The van der Waals surface area contributed by atoms with Gasteiger partial charge in [-0.3, -0.25) is 14.4 Å². The third-order valence-corrected chi connectivity index (χ3v) is 8.75. The molecule has 2 heterocycles. The summed E-state index contributed by atoms with van der Waals surface area (Å²) in [5.41, 5.74) is 1.54. The molecule has 10 nitrogen and oxygen atoms in total. The molecule has 41 heavy (non-hydrogen) atoms. The van der Waals surface area contributed by atoms with Gasteiger partial charge in [-0.1, -0.05) is 31.2 Å². The summed E-state index contributed by atoms with van der Waals surface area (Å²) in [6.45, 7) is 5.40. The van der Waals surface area contributed by atoms with Crippen molar-refractivity contribution < 1.29 is 32.5 Å². The number of carbonyl (C=O) groups excluding carboxylic acids is 1. The summed E-state index contributed by atoms with van der Waals surface area (Å²) in [6, 6.07) is 18.2. The lowest BCUT2D eigenvalue weighted by atomic mass is 9.99. The van der Waals surface area contributed by atoms with Crippen molar-refractivity contribution in [2.45, 2.75) is 37.4 Å². The number of carbonyl (C=O) groups is 1. The zero-order valence-corrected chi connectivity index (χ0v) is 24.1. The fourth-order valence-corrected chi connectivity index (χ4v) is 6.11. The molecule has 1 amide bonds. The summed E-state index contributed by atoms with van der Waals surface area (Å²) >= 11 is 0. The molecular formula is C30H35N3O7S. The highest BCUT2D eigenvalue weighted by molar-refractivity contribution is 7.92. The smallest absolute Gasteiger partial charge is 0.261 e. The van der Waals surface area contributed by atoms with Gasteiger partial charge in [0.05, 0.1) is 23.1 Å². The number of nitrogens with one attached hydrogen (secondary N) is 1. The fraction of sp³-hybridized carbons (Fsp3) is 0.367. The number of rotatable bonds is 9. The topological polar surface area (TPSA) is 118 Å².